The Morgan fingerprint density at radius 2 is 1.59 bits per heavy atom. The molecule has 0 aliphatic carbocycles. The molecule has 2 fully saturated rings. The minimum absolute atomic E-state index is 0.120. The van der Waals surface area contributed by atoms with Crippen LogP contribution in [0.1, 0.15) is 86.8 Å². The van der Waals surface area contributed by atoms with Crippen molar-refractivity contribution in [1.29, 1.82) is 0 Å². The van der Waals surface area contributed by atoms with E-state index in [9.17, 15) is 9.90 Å². The highest BCUT2D eigenvalue weighted by Crippen LogP contribution is 2.40. The van der Waals surface area contributed by atoms with E-state index in [-0.39, 0.29) is 29.3 Å². The van der Waals surface area contributed by atoms with Crippen molar-refractivity contribution in [3.8, 4) is 0 Å². The number of hydrogen-bond acceptors (Lipinski definition) is 5. The monoisotopic (exact) mass is 445 g/mol. The zero-order valence-electron chi connectivity index (χ0n) is 21.2. The van der Waals surface area contributed by atoms with Gasteiger partial charge >= 0.3 is 13.2 Å². The van der Waals surface area contributed by atoms with Crippen LogP contribution >= 0.6 is 0 Å². The molecule has 2 atom stereocenters. The van der Waals surface area contributed by atoms with Crippen molar-refractivity contribution in [2.45, 2.75) is 104 Å². The first-order valence-corrected chi connectivity index (χ1v) is 11.7. The van der Waals surface area contributed by atoms with E-state index >= 15 is 0 Å². The molecule has 0 aromatic heterocycles. The normalized spacial score (nSPS) is 26.4. The van der Waals surface area contributed by atoms with Gasteiger partial charge in [0.2, 0.25) is 0 Å². The van der Waals surface area contributed by atoms with Crippen LogP contribution in [0.4, 0.5) is 4.79 Å². The SMILES string of the molecule is CC(C)C1(CC(C)(C)O)CCN([C@@H](C)c2ccc(B3OC(C)(C)C(C)(C)O3)cc2)C(=O)O1. The van der Waals surface area contributed by atoms with Gasteiger partial charge in [-0.25, -0.2) is 4.79 Å². The Balaban J connectivity index is 1.71. The number of amides is 1. The van der Waals surface area contributed by atoms with Crippen LogP contribution in [0.5, 0.6) is 0 Å². The molecule has 32 heavy (non-hydrogen) atoms. The average Bonchev–Trinajstić information content (AvgIpc) is 2.87. The minimum Gasteiger partial charge on any atom is -0.442 e. The maximum Gasteiger partial charge on any atom is 0.494 e. The number of rotatable bonds is 6. The third-order valence-electron chi connectivity index (χ3n) is 7.50. The van der Waals surface area contributed by atoms with Gasteiger partial charge < -0.3 is 24.1 Å². The summed E-state index contributed by atoms with van der Waals surface area (Å²) in [5.74, 6) is 0.120. The quantitative estimate of drug-likeness (QED) is 0.656. The zero-order valence-corrected chi connectivity index (χ0v) is 21.2. The van der Waals surface area contributed by atoms with Gasteiger partial charge in [-0.1, -0.05) is 38.1 Å². The number of carbonyl (C=O) groups is 1. The summed E-state index contributed by atoms with van der Waals surface area (Å²) in [5.41, 5.74) is -0.319. The fourth-order valence-electron chi connectivity index (χ4n) is 4.59. The van der Waals surface area contributed by atoms with Crippen LogP contribution in [0.2, 0.25) is 0 Å². The summed E-state index contributed by atoms with van der Waals surface area (Å²) in [5, 5.41) is 10.4. The molecule has 1 N–H and O–H groups in total. The van der Waals surface area contributed by atoms with Gasteiger partial charge in [-0.2, -0.15) is 0 Å². The van der Waals surface area contributed by atoms with Crippen molar-refractivity contribution < 1.29 is 23.9 Å². The second kappa shape index (κ2) is 8.34. The predicted molar refractivity (Wildman–Crippen MR) is 127 cm³/mol. The lowest BCUT2D eigenvalue weighted by Crippen LogP contribution is -2.55. The molecule has 7 heteroatoms. The van der Waals surface area contributed by atoms with E-state index in [2.05, 4.69) is 0 Å². The van der Waals surface area contributed by atoms with Crippen molar-refractivity contribution >= 4 is 18.7 Å². The largest absolute Gasteiger partial charge is 0.494 e. The van der Waals surface area contributed by atoms with Crippen molar-refractivity contribution in [2.75, 3.05) is 6.54 Å². The first kappa shape index (κ1) is 25.1. The molecule has 1 aromatic rings. The Morgan fingerprint density at radius 1 is 1.06 bits per heavy atom. The van der Waals surface area contributed by atoms with Gasteiger partial charge in [0.15, 0.2) is 0 Å². The van der Waals surface area contributed by atoms with Gasteiger partial charge in [-0.05, 0) is 65.4 Å². The van der Waals surface area contributed by atoms with Crippen molar-refractivity contribution in [1.82, 2.24) is 4.90 Å². The van der Waals surface area contributed by atoms with E-state index in [1.54, 1.807) is 18.7 Å². The second-order valence-electron chi connectivity index (χ2n) is 11.5. The van der Waals surface area contributed by atoms with Crippen LogP contribution in [-0.4, -0.2) is 52.2 Å². The smallest absolute Gasteiger partial charge is 0.442 e. The van der Waals surface area contributed by atoms with Gasteiger partial charge in [-0.15, -0.1) is 0 Å². The molecule has 2 saturated heterocycles. The van der Waals surface area contributed by atoms with Crippen LogP contribution in [0, 0.1) is 5.92 Å². The Bertz CT molecular complexity index is 814. The van der Waals surface area contributed by atoms with Crippen molar-refractivity contribution in [3.63, 3.8) is 0 Å². The first-order chi connectivity index (χ1) is 14.6. The average molecular weight is 445 g/mol. The van der Waals surface area contributed by atoms with Crippen LogP contribution in [0.15, 0.2) is 24.3 Å². The summed E-state index contributed by atoms with van der Waals surface area (Å²) in [6.07, 6.45) is 0.794. The van der Waals surface area contributed by atoms with E-state index in [4.69, 9.17) is 14.0 Å². The molecule has 1 aromatic carbocycles. The van der Waals surface area contributed by atoms with E-state index in [1.807, 2.05) is 72.7 Å². The maximum atomic E-state index is 13.0. The van der Waals surface area contributed by atoms with Crippen LogP contribution < -0.4 is 5.46 Å². The summed E-state index contributed by atoms with van der Waals surface area (Å²) < 4.78 is 18.3. The summed E-state index contributed by atoms with van der Waals surface area (Å²) in [4.78, 5) is 14.8. The van der Waals surface area contributed by atoms with Gasteiger partial charge in [0.05, 0.1) is 22.8 Å². The number of ether oxygens (including phenoxy) is 1. The summed E-state index contributed by atoms with van der Waals surface area (Å²) in [6, 6.07) is 7.95. The first-order valence-electron chi connectivity index (χ1n) is 11.7. The third-order valence-corrected chi connectivity index (χ3v) is 7.50. The number of carbonyl (C=O) groups excluding carboxylic acids is 1. The molecule has 0 saturated carbocycles. The van der Waals surface area contributed by atoms with Crippen molar-refractivity contribution in [2.24, 2.45) is 5.92 Å². The van der Waals surface area contributed by atoms with Gasteiger partial charge in [0, 0.05) is 19.4 Å². The third kappa shape index (κ3) is 4.85. The van der Waals surface area contributed by atoms with Gasteiger partial charge in [0.25, 0.3) is 0 Å². The van der Waals surface area contributed by atoms with Crippen LogP contribution in [0.3, 0.4) is 0 Å². The number of hydrogen-bond donors (Lipinski definition) is 1. The highest BCUT2D eigenvalue weighted by Gasteiger charge is 2.52. The Kier molecular flexibility index (Phi) is 6.53. The van der Waals surface area contributed by atoms with Gasteiger partial charge in [-0.3, -0.25) is 0 Å². The van der Waals surface area contributed by atoms with E-state index in [0.29, 0.717) is 19.4 Å². The number of benzene rings is 1. The molecule has 2 heterocycles. The molecule has 3 rings (SSSR count). The minimum atomic E-state index is -0.901. The standard InChI is InChI=1S/C25H40BNO5/c1-17(2)25(16-22(4,5)29)14-15-27(21(28)30-25)18(3)19-10-12-20(13-11-19)26-31-23(6,7)24(8,9)32-26/h10-13,17-18,29H,14-16H2,1-9H3/t18-,25?/m0/s1. The maximum absolute atomic E-state index is 13.0. The van der Waals surface area contributed by atoms with Crippen molar-refractivity contribution in [3.05, 3.63) is 29.8 Å². The summed E-state index contributed by atoms with van der Waals surface area (Å²) >= 11 is 0. The lowest BCUT2D eigenvalue weighted by Gasteiger charge is -2.47. The highest BCUT2D eigenvalue weighted by atomic mass is 16.7. The summed E-state index contributed by atoms with van der Waals surface area (Å²) in [7, 11) is -0.405. The molecule has 1 unspecified atom stereocenters. The Labute approximate surface area is 193 Å². The topological polar surface area (TPSA) is 68.2 Å². The lowest BCUT2D eigenvalue weighted by molar-refractivity contribution is -0.119. The molecule has 2 aliphatic rings. The molecule has 1 amide bonds. The molecule has 178 valence electrons. The Hall–Kier alpha value is -1.57. The second-order valence-corrected chi connectivity index (χ2v) is 11.5. The Morgan fingerprint density at radius 3 is 2.03 bits per heavy atom. The molecule has 0 bridgehead atoms. The highest BCUT2D eigenvalue weighted by molar-refractivity contribution is 6.62. The molecule has 2 aliphatic heterocycles. The number of cyclic esters (lactones) is 1. The molecular weight excluding hydrogens is 405 g/mol. The predicted octanol–water partition coefficient (Wildman–Crippen LogP) is 4.44. The van der Waals surface area contributed by atoms with Gasteiger partial charge in [0.1, 0.15) is 5.60 Å². The molecule has 0 radical (unpaired) electrons. The number of nitrogens with zero attached hydrogens (tertiary/aromatic N) is 1. The molecular formula is C25H40BNO5. The molecule has 6 nitrogen and oxygen atoms in total. The van der Waals surface area contributed by atoms with E-state index < -0.39 is 18.3 Å². The summed E-state index contributed by atoms with van der Waals surface area (Å²) in [6.45, 7) is 18.4. The number of aliphatic hydroxyl groups is 1. The van der Waals surface area contributed by atoms with Crippen LogP contribution in [0.25, 0.3) is 0 Å². The lowest BCUT2D eigenvalue weighted by atomic mass is 9.77. The zero-order chi connectivity index (χ0) is 24.1. The van der Waals surface area contributed by atoms with E-state index in [1.165, 1.54) is 0 Å². The van der Waals surface area contributed by atoms with Crippen LogP contribution in [-0.2, 0) is 14.0 Å². The fourth-order valence-corrected chi connectivity index (χ4v) is 4.59. The fraction of sp³-hybridized carbons (Fsp3) is 0.720. The molecule has 0 spiro atoms. The van der Waals surface area contributed by atoms with E-state index in [0.717, 1.165) is 11.0 Å².